The molecular formula is C14H17F2NO. The second-order valence-electron chi connectivity index (χ2n) is 4.86. The van der Waals surface area contributed by atoms with Crippen molar-refractivity contribution in [3.8, 4) is 0 Å². The molecule has 1 atom stereocenters. The highest BCUT2D eigenvalue weighted by atomic mass is 19.2. The van der Waals surface area contributed by atoms with Gasteiger partial charge in [0.15, 0.2) is 11.6 Å². The molecule has 2 nitrogen and oxygen atoms in total. The summed E-state index contributed by atoms with van der Waals surface area (Å²) in [5.74, 6) is -1.90. The predicted molar refractivity (Wildman–Crippen MR) is 65.2 cm³/mol. The van der Waals surface area contributed by atoms with Crippen molar-refractivity contribution in [3.05, 3.63) is 35.4 Å². The van der Waals surface area contributed by atoms with Crippen molar-refractivity contribution in [2.45, 2.75) is 38.6 Å². The average molecular weight is 253 g/mol. The number of benzene rings is 1. The summed E-state index contributed by atoms with van der Waals surface area (Å²) in [7, 11) is 0. The van der Waals surface area contributed by atoms with Crippen LogP contribution >= 0.6 is 0 Å². The Morgan fingerprint density at radius 3 is 2.78 bits per heavy atom. The quantitative estimate of drug-likeness (QED) is 0.857. The first-order valence-corrected chi connectivity index (χ1v) is 6.36. The minimum Gasteiger partial charge on any atom is -0.349 e. The van der Waals surface area contributed by atoms with Crippen LogP contribution in [0.3, 0.4) is 0 Å². The standard InChI is InChI=1S/C14H17F2NO/c1-2-10(8-9-6-7-9)17-14(18)11-4-3-5-12(15)13(11)16/h3-5,9-10H,2,6-8H2,1H3,(H,17,18). The normalized spacial score (nSPS) is 16.4. The summed E-state index contributed by atoms with van der Waals surface area (Å²) in [5, 5.41) is 2.78. The molecule has 1 fully saturated rings. The van der Waals surface area contributed by atoms with Gasteiger partial charge in [0.2, 0.25) is 0 Å². The van der Waals surface area contributed by atoms with Gasteiger partial charge in [0.05, 0.1) is 5.56 Å². The van der Waals surface area contributed by atoms with Gasteiger partial charge in [-0.15, -0.1) is 0 Å². The molecule has 0 heterocycles. The van der Waals surface area contributed by atoms with Crippen molar-refractivity contribution in [1.82, 2.24) is 5.32 Å². The first kappa shape index (κ1) is 13.0. The summed E-state index contributed by atoms with van der Waals surface area (Å²) in [6, 6.07) is 3.70. The minimum atomic E-state index is -1.07. The summed E-state index contributed by atoms with van der Waals surface area (Å²) in [4.78, 5) is 11.9. The van der Waals surface area contributed by atoms with Gasteiger partial charge >= 0.3 is 0 Å². The molecule has 0 bridgehead atoms. The van der Waals surface area contributed by atoms with Gasteiger partial charge in [-0.3, -0.25) is 4.79 Å². The molecule has 1 amide bonds. The van der Waals surface area contributed by atoms with Crippen LogP contribution in [0.5, 0.6) is 0 Å². The van der Waals surface area contributed by atoms with E-state index in [9.17, 15) is 13.6 Å². The fourth-order valence-corrected chi connectivity index (χ4v) is 2.03. The van der Waals surface area contributed by atoms with E-state index in [1.54, 1.807) is 0 Å². The average Bonchev–Trinajstić information content (AvgIpc) is 3.15. The van der Waals surface area contributed by atoms with Crippen molar-refractivity contribution >= 4 is 5.91 Å². The lowest BCUT2D eigenvalue weighted by Crippen LogP contribution is -2.35. The van der Waals surface area contributed by atoms with Crippen LogP contribution in [-0.2, 0) is 0 Å². The van der Waals surface area contributed by atoms with Crippen LogP contribution in [0.25, 0.3) is 0 Å². The van der Waals surface area contributed by atoms with Gasteiger partial charge in [0.25, 0.3) is 5.91 Å². The van der Waals surface area contributed by atoms with E-state index in [0.29, 0.717) is 5.92 Å². The molecule has 1 aliphatic rings. The summed E-state index contributed by atoms with van der Waals surface area (Å²) < 4.78 is 26.5. The fraction of sp³-hybridized carbons (Fsp3) is 0.500. The first-order chi connectivity index (χ1) is 8.61. The van der Waals surface area contributed by atoms with Crippen LogP contribution in [0.15, 0.2) is 18.2 Å². The summed E-state index contributed by atoms with van der Waals surface area (Å²) in [5.41, 5.74) is -0.218. The number of hydrogen-bond donors (Lipinski definition) is 1. The second kappa shape index (κ2) is 5.46. The Balaban J connectivity index is 2.03. The molecule has 98 valence electrons. The lowest BCUT2D eigenvalue weighted by Gasteiger charge is -2.16. The van der Waals surface area contributed by atoms with Crippen LogP contribution in [0.1, 0.15) is 43.0 Å². The van der Waals surface area contributed by atoms with Crippen molar-refractivity contribution in [2.75, 3.05) is 0 Å². The molecule has 0 aromatic heterocycles. The lowest BCUT2D eigenvalue weighted by atomic mass is 10.1. The summed E-state index contributed by atoms with van der Waals surface area (Å²) in [6.07, 6.45) is 4.15. The Morgan fingerprint density at radius 2 is 2.17 bits per heavy atom. The molecule has 1 aromatic carbocycles. The van der Waals surface area contributed by atoms with Gasteiger partial charge in [-0.1, -0.05) is 25.8 Å². The maximum Gasteiger partial charge on any atom is 0.254 e. The number of carbonyl (C=O) groups excluding carboxylic acids is 1. The van der Waals surface area contributed by atoms with Crippen molar-refractivity contribution < 1.29 is 13.6 Å². The van der Waals surface area contributed by atoms with E-state index in [4.69, 9.17) is 0 Å². The molecule has 0 saturated heterocycles. The topological polar surface area (TPSA) is 29.1 Å². The van der Waals surface area contributed by atoms with E-state index in [0.717, 1.165) is 18.9 Å². The van der Waals surface area contributed by atoms with Crippen LogP contribution in [0.2, 0.25) is 0 Å². The largest absolute Gasteiger partial charge is 0.349 e. The third-order valence-electron chi connectivity index (χ3n) is 3.34. The third-order valence-corrected chi connectivity index (χ3v) is 3.34. The Hall–Kier alpha value is -1.45. The lowest BCUT2D eigenvalue weighted by molar-refractivity contribution is 0.0927. The van der Waals surface area contributed by atoms with Gasteiger partial charge in [-0.25, -0.2) is 8.78 Å². The maximum atomic E-state index is 13.4. The molecule has 1 saturated carbocycles. The molecule has 4 heteroatoms. The van der Waals surface area contributed by atoms with Crippen molar-refractivity contribution in [3.63, 3.8) is 0 Å². The van der Waals surface area contributed by atoms with E-state index >= 15 is 0 Å². The Labute approximate surface area is 105 Å². The van der Waals surface area contributed by atoms with Crippen LogP contribution in [0, 0.1) is 17.6 Å². The Morgan fingerprint density at radius 1 is 1.44 bits per heavy atom. The maximum absolute atomic E-state index is 13.4. The molecule has 1 unspecified atom stereocenters. The fourth-order valence-electron chi connectivity index (χ4n) is 2.03. The van der Waals surface area contributed by atoms with E-state index in [2.05, 4.69) is 5.32 Å². The molecule has 18 heavy (non-hydrogen) atoms. The zero-order valence-electron chi connectivity index (χ0n) is 10.4. The van der Waals surface area contributed by atoms with Crippen LogP contribution < -0.4 is 5.32 Å². The smallest absolute Gasteiger partial charge is 0.254 e. The van der Waals surface area contributed by atoms with Gasteiger partial charge in [-0.2, -0.15) is 0 Å². The zero-order valence-corrected chi connectivity index (χ0v) is 10.4. The number of halogens is 2. The third kappa shape index (κ3) is 3.06. The summed E-state index contributed by atoms with van der Waals surface area (Å²) >= 11 is 0. The van der Waals surface area contributed by atoms with Gasteiger partial charge in [-0.05, 0) is 30.9 Å². The van der Waals surface area contributed by atoms with E-state index in [1.807, 2.05) is 6.92 Å². The van der Waals surface area contributed by atoms with Crippen LogP contribution in [0.4, 0.5) is 8.78 Å². The van der Waals surface area contributed by atoms with E-state index in [-0.39, 0.29) is 11.6 Å². The number of rotatable bonds is 5. The van der Waals surface area contributed by atoms with Gasteiger partial charge in [0, 0.05) is 6.04 Å². The Bertz CT molecular complexity index is 443. The highest BCUT2D eigenvalue weighted by Gasteiger charge is 2.26. The number of hydrogen-bond acceptors (Lipinski definition) is 1. The monoisotopic (exact) mass is 253 g/mol. The molecule has 0 radical (unpaired) electrons. The second-order valence-corrected chi connectivity index (χ2v) is 4.86. The highest BCUT2D eigenvalue weighted by Crippen LogP contribution is 2.34. The first-order valence-electron chi connectivity index (χ1n) is 6.36. The molecule has 1 N–H and O–H groups in total. The number of amides is 1. The van der Waals surface area contributed by atoms with E-state index < -0.39 is 17.5 Å². The Kier molecular flexibility index (Phi) is 3.94. The van der Waals surface area contributed by atoms with Crippen molar-refractivity contribution in [1.29, 1.82) is 0 Å². The zero-order chi connectivity index (χ0) is 13.1. The number of carbonyl (C=O) groups is 1. The number of nitrogens with one attached hydrogen (secondary N) is 1. The SMILES string of the molecule is CCC(CC1CC1)NC(=O)c1cccc(F)c1F. The molecule has 2 rings (SSSR count). The molecule has 0 aliphatic heterocycles. The molecule has 0 spiro atoms. The van der Waals surface area contributed by atoms with Crippen molar-refractivity contribution in [2.24, 2.45) is 5.92 Å². The summed E-state index contributed by atoms with van der Waals surface area (Å²) in [6.45, 7) is 1.98. The van der Waals surface area contributed by atoms with Gasteiger partial charge in [0.1, 0.15) is 0 Å². The molecule has 1 aliphatic carbocycles. The van der Waals surface area contributed by atoms with Crippen LogP contribution in [-0.4, -0.2) is 11.9 Å². The molecular weight excluding hydrogens is 236 g/mol. The predicted octanol–water partition coefficient (Wildman–Crippen LogP) is 3.27. The van der Waals surface area contributed by atoms with E-state index in [1.165, 1.54) is 25.0 Å². The molecule has 1 aromatic rings. The highest BCUT2D eigenvalue weighted by molar-refractivity contribution is 5.94. The van der Waals surface area contributed by atoms with Gasteiger partial charge < -0.3 is 5.32 Å². The minimum absolute atomic E-state index is 0.0488.